The Hall–Kier alpha value is -2.33. The molecule has 0 bridgehead atoms. The Morgan fingerprint density at radius 1 is 1.14 bits per heavy atom. The molecule has 5 heteroatoms. The van der Waals surface area contributed by atoms with Gasteiger partial charge < -0.3 is 9.64 Å². The smallest absolute Gasteiger partial charge is 0.299 e. The van der Waals surface area contributed by atoms with E-state index in [1.54, 1.807) is 31.3 Å². The minimum absolute atomic E-state index is 0.302. The maximum atomic E-state index is 11.8. The topological polar surface area (TPSA) is 46.6 Å². The fourth-order valence-corrected chi connectivity index (χ4v) is 2.42. The number of likely N-dealkylation sites (N-methyl/N-ethyl adjacent to an activating group) is 1. The lowest BCUT2D eigenvalue weighted by Gasteiger charge is -2.11. The van der Waals surface area contributed by atoms with Gasteiger partial charge in [0.05, 0.1) is 11.3 Å². The van der Waals surface area contributed by atoms with Gasteiger partial charge in [-0.25, -0.2) is 0 Å². The van der Waals surface area contributed by atoms with E-state index in [1.807, 2.05) is 18.2 Å². The Morgan fingerprint density at radius 2 is 1.90 bits per heavy atom. The molecule has 0 saturated heterocycles. The SMILES string of the molecule is CN1C(=O)C(=O)c2cc(OCc3ccccc3Cl)ccc21. The number of ketones is 1. The van der Waals surface area contributed by atoms with Crippen LogP contribution in [-0.2, 0) is 11.4 Å². The number of fused-ring (bicyclic) bond motifs is 1. The summed E-state index contributed by atoms with van der Waals surface area (Å²) in [6, 6.07) is 12.4. The number of amides is 1. The summed E-state index contributed by atoms with van der Waals surface area (Å²) in [6.07, 6.45) is 0. The lowest BCUT2D eigenvalue weighted by Crippen LogP contribution is -2.24. The first kappa shape index (κ1) is 13.6. The summed E-state index contributed by atoms with van der Waals surface area (Å²) in [4.78, 5) is 24.8. The molecule has 0 N–H and O–H groups in total. The Labute approximate surface area is 126 Å². The summed E-state index contributed by atoms with van der Waals surface area (Å²) in [7, 11) is 1.58. The number of halogens is 1. The number of carbonyl (C=O) groups excluding carboxylic acids is 2. The van der Waals surface area contributed by atoms with Crippen LogP contribution in [0.1, 0.15) is 15.9 Å². The zero-order chi connectivity index (χ0) is 15.0. The number of carbonyl (C=O) groups is 2. The molecule has 1 aliphatic rings. The number of rotatable bonds is 3. The molecular formula is C16H12ClNO3. The molecule has 0 saturated carbocycles. The molecule has 0 spiro atoms. The Balaban J connectivity index is 1.82. The molecule has 1 aliphatic heterocycles. The van der Waals surface area contributed by atoms with Gasteiger partial charge in [-0.1, -0.05) is 29.8 Å². The molecule has 2 aromatic carbocycles. The van der Waals surface area contributed by atoms with E-state index in [9.17, 15) is 9.59 Å². The highest BCUT2D eigenvalue weighted by Gasteiger charge is 2.33. The van der Waals surface area contributed by atoms with Crippen molar-refractivity contribution in [3.05, 3.63) is 58.6 Å². The maximum Gasteiger partial charge on any atom is 0.299 e. The summed E-state index contributed by atoms with van der Waals surface area (Å²) >= 11 is 6.06. The van der Waals surface area contributed by atoms with Crippen LogP contribution in [0.5, 0.6) is 5.75 Å². The number of nitrogens with zero attached hydrogens (tertiary/aromatic N) is 1. The average Bonchev–Trinajstić information content (AvgIpc) is 2.71. The van der Waals surface area contributed by atoms with Crippen LogP contribution in [0.3, 0.4) is 0 Å². The molecule has 3 rings (SSSR count). The first-order valence-corrected chi connectivity index (χ1v) is 6.78. The molecule has 0 aliphatic carbocycles. The molecule has 106 valence electrons. The fourth-order valence-electron chi connectivity index (χ4n) is 2.23. The molecule has 0 unspecified atom stereocenters. The van der Waals surface area contributed by atoms with Crippen molar-refractivity contribution in [1.29, 1.82) is 0 Å². The zero-order valence-electron chi connectivity index (χ0n) is 11.3. The summed E-state index contributed by atoms with van der Waals surface area (Å²) < 4.78 is 5.65. The van der Waals surface area contributed by atoms with E-state index < -0.39 is 11.7 Å². The highest BCUT2D eigenvalue weighted by Crippen LogP contribution is 2.31. The summed E-state index contributed by atoms with van der Waals surface area (Å²) in [5, 5.41) is 0.629. The van der Waals surface area contributed by atoms with Gasteiger partial charge in [-0.2, -0.15) is 0 Å². The third-order valence-electron chi connectivity index (χ3n) is 3.43. The Kier molecular flexibility index (Phi) is 3.39. The van der Waals surface area contributed by atoms with Gasteiger partial charge in [-0.15, -0.1) is 0 Å². The van der Waals surface area contributed by atoms with E-state index in [4.69, 9.17) is 16.3 Å². The van der Waals surface area contributed by atoms with E-state index in [1.165, 1.54) is 4.90 Å². The van der Waals surface area contributed by atoms with Gasteiger partial charge >= 0.3 is 0 Å². The summed E-state index contributed by atoms with van der Waals surface area (Å²) in [6.45, 7) is 0.302. The Morgan fingerprint density at radius 3 is 2.67 bits per heavy atom. The van der Waals surface area contributed by atoms with Crippen LogP contribution in [0, 0.1) is 0 Å². The third-order valence-corrected chi connectivity index (χ3v) is 3.79. The van der Waals surface area contributed by atoms with Gasteiger partial charge in [0, 0.05) is 17.6 Å². The molecule has 0 fully saturated rings. The molecular weight excluding hydrogens is 290 g/mol. The van der Waals surface area contributed by atoms with Crippen molar-refractivity contribution in [2.24, 2.45) is 0 Å². The highest BCUT2D eigenvalue weighted by molar-refractivity contribution is 6.52. The van der Waals surface area contributed by atoms with Crippen LogP contribution in [0.25, 0.3) is 0 Å². The van der Waals surface area contributed by atoms with Crippen LogP contribution < -0.4 is 9.64 Å². The van der Waals surface area contributed by atoms with Gasteiger partial charge in [0.2, 0.25) is 0 Å². The molecule has 0 radical (unpaired) electrons. The van der Waals surface area contributed by atoms with Crippen molar-refractivity contribution in [1.82, 2.24) is 0 Å². The molecule has 2 aromatic rings. The average molecular weight is 302 g/mol. The second-order valence-electron chi connectivity index (χ2n) is 4.75. The second kappa shape index (κ2) is 5.22. The number of hydrogen-bond acceptors (Lipinski definition) is 3. The van der Waals surface area contributed by atoms with Crippen molar-refractivity contribution < 1.29 is 14.3 Å². The van der Waals surface area contributed by atoms with Crippen LogP contribution >= 0.6 is 11.6 Å². The molecule has 0 atom stereocenters. The highest BCUT2D eigenvalue weighted by atomic mass is 35.5. The van der Waals surface area contributed by atoms with E-state index in [0.29, 0.717) is 28.6 Å². The molecule has 4 nitrogen and oxygen atoms in total. The molecule has 21 heavy (non-hydrogen) atoms. The molecule has 1 amide bonds. The number of anilines is 1. The number of hydrogen-bond donors (Lipinski definition) is 0. The van der Waals surface area contributed by atoms with Gasteiger partial charge in [0.15, 0.2) is 0 Å². The molecule has 0 aromatic heterocycles. The number of Topliss-reactive ketones (excluding diaryl/α,β-unsaturated/α-hetero) is 1. The van der Waals surface area contributed by atoms with Crippen molar-refractivity contribution in [2.75, 3.05) is 11.9 Å². The number of benzene rings is 2. The molecule has 1 heterocycles. The summed E-state index contributed by atoms with van der Waals surface area (Å²) in [5.41, 5.74) is 1.84. The van der Waals surface area contributed by atoms with Crippen LogP contribution in [0.15, 0.2) is 42.5 Å². The number of ether oxygens (including phenoxy) is 1. The van der Waals surface area contributed by atoms with Crippen LogP contribution in [0.4, 0.5) is 5.69 Å². The van der Waals surface area contributed by atoms with Crippen molar-refractivity contribution in [2.45, 2.75) is 6.61 Å². The minimum Gasteiger partial charge on any atom is -0.489 e. The minimum atomic E-state index is -0.520. The van der Waals surface area contributed by atoms with Crippen LogP contribution in [-0.4, -0.2) is 18.7 Å². The largest absolute Gasteiger partial charge is 0.489 e. The maximum absolute atomic E-state index is 11.8. The second-order valence-corrected chi connectivity index (χ2v) is 5.16. The normalized spacial score (nSPS) is 13.5. The van der Waals surface area contributed by atoms with Gasteiger partial charge in [-0.3, -0.25) is 9.59 Å². The first-order chi connectivity index (χ1) is 10.1. The van der Waals surface area contributed by atoms with Gasteiger partial charge in [-0.05, 0) is 24.3 Å². The van der Waals surface area contributed by atoms with E-state index in [2.05, 4.69) is 0 Å². The van der Waals surface area contributed by atoms with Crippen LogP contribution in [0.2, 0.25) is 5.02 Å². The Bertz CT molecular complexity index is 742. The quantitative estimate of drug-likeness (QED) is 0.819. The fraction of sp³-hybridized carbons (Fsp3) is 0.125. The third kappa shape index (κ3) is 2.38. The van der Waals surface area contributed by atoms with Crippen molar-refractivity contribution in [3.63, 3.8) is 0 Å². The lowest BCUT2D eigenvalue weighted by atomic mass is 10.1. The monoisotopic (exact) mass is 301 g/mol. The van der Waals surface area contributed by atoms with Gasteiger partial charge in [0.1, 0.15) is 12.4 Å². The van der Waals surface area contributed by atoms with Crippen molar-refractivity contribution >= 4 is 29.0 Å². The predicted octanol–water partition coefficient (Wildman–Crippen LogP) is 3.08. The predicted molar refractivity (Wildman–Crippen MR) is 80.0 cm³/mol. The first-order valence-electron chi connectivity index (χ1n) is 6.40. The van der Waals surface area contributed by atoms with Crippen molar-refractivity contribution in [3.8, 4) is 5.75 Å². The lowest BCUT2D eigenvalue weighted by molar-refractivity contribution is -0.114. The van der Waals surface area contributed by atoms with E-state index in [0.717, 1.165) is 5.56 Å². The standard InChI is InChI=1S/C16H12ClNO3/c1-18-14-7-6-11(8-12(14)15(19)16(18)20)21-9-10-4-2-3-5-13(10)17/h2-8H,9H2,1H3. The van der Waals surface area contributed by atoms with E-state index >= 15 is 0 Å². The summed E-state index contributed by atoms with van der Waals surface area (Å²) in [5.74, 6) is -0.492. The zero-order valence-corrected chi connectivity index (χ0v) is 12.1. The van der Waals surface area contributed by atoms with Gasteiger partial charge in [0.25, 0.3) is 11.7 Å². The van der Waals surface area contributed by atoms with E-state index in [-0.39, 0.29) is 0 Å².